The molecule has 0 aliphatic rings. The van der Waals surface area contributed by atoms with Crippen LogP contribution >= 0.6 is 0 Å². The van der Waals surface area contributed by atoms with Crippen molar-refractivity contribution >= 4 is 28.6 Å². The summed E-state index contributed by atoms with van der Waals surface area (Å²) in [6.07, 6.45) is 0. The van der Waals surface area contributed by atoms with Crippen LogP contribution in [0.3, 0.4) is 0 Å². The molecule has 28 heavy (non-hydrogen) atoms. The summed E-state index contributed by atoms with van der Waals surface area (Å²) in [4.78, 5) is 0. The predicted molar refractivity (Wildman–Crippen MR) is 105 cm³/mol. The molecule has 2 rings (SSSR count). The van der Waals surface area contributed by atoms with Crippen molar-refractivity contribution in [2.24, 2.45) is 0 Å². The van der Waals surface area contributed by atoms with Gasteiger partial charge in [0.25, 0.3) is 0 Å². The standard InChI is InChI=1S/C19H23F3O4SSi/c1-18(2,3)28(15-10-6-4-7-11-15,16-12-8-5-9-13-16)17(23)14-26-27(24,25)19(20,21)22/h4-13,17,23H,14H2,1-3H3. The minimum atomic E-state index is -5.80. The van der Waals surface area contributed by atoms with Gasteiger partial charge in [-0.3, -0.25) is 4.18 Å². The first kappa shape index (κ1) is 22.6. The molecule has 0 radical (unpaired) electrons. The zero-order chi connectivity index (χ0) is 21.2. The molecule has 9 heteroatoms. The lowest BCUT2D eigenvalue weighted by molar-refractivity contribution is -0.0554. The maximum Gasteiger partial charge on any atom is 0.523 e. The molecule has 0 fully saturated rings. The number of halogens is 3. The van der Waals surface area contributed by atoms with Gasteiger partial charge in [0, 0.05) is 0 Å². The molecule has 1 atom stereocenters. The fourth-order valence-corrected chi connectivity index (χ4v) is 9.83. The number of aliphatic hydroxyl groups excluding tert-OH is 1. The van der Waals surface area contributed by atoms with Crippen LogP contribution in [0.5, 0.6) is 0 Å². The highest BCUT2D eigenvalue weighted by Crippen LogP contribution is 2.38. The Labute approximate surface area is 164 Å². The van der Waals surface area contributed by atoms with Crippen molar-refractivity contribution < 1.29 is 30.9 Å². The molecule has 1 N–H and O–H groups in total. The molecule has 0 spiro atoms. The molecule has 154 valence electrons. The predicted octanol–water partition coefficient (Wildman–Crippen LogP) is 2.82. The maximum absolute atomic E-state index is 12.7. The molecule has 1 unspecified atom stereocenters. The van der Waals surface area contributed by atoms with E-state index in [-0.39, 0.29) is 0 Å². The van der Waals surface area contributed by atoms with Gasteiger partial charge in [-0.05, 0) is 5.04 Å². The molecule has 2 aromatic rings. The van der Waals surface area contributed by atoms with Gasteiger partial charge in [-0.25, -0.2) is 0 Å². The Morgan fingerprint density at radius 2 is 1.32 bits per heavy atom. The molecule has 0 saturated carbocycles. The van der Waals surface area contributed by atoms with Crippen LogP contribution in [0.25, 0.3) is 0 Å². The molecule has 4 nitrogen and oxygen atoms in total. The number of aliphatic hydroxyl groups is 1. The largest absolute Gasteiger partial charge is 0.523 e. The fourth-order valence-electron chi connectivity index (χ4n) is 3.67. The average Bonchev–Trinajstić information content (AvgIpc) is 2.60. The normalized spacial score (nSPS) is 14.7. The third-order valence-corrected chi connectivity index (χ3v) is 11.8. The minimum Gasteiger partial charge on any atom is -0.393 e. The molecule has 2 aromatic carbocycles. The summed E-state index contributed by atoms with van der Waals surface area (Å²) in [5.74, 6) is 0. The summed E-state index contributed by atoms with van der Waals surface area (Å²) in [7, 11) is -9.01. The third kappa shape index (κ3) is 4.17. The first-order valence-electron chi connectivity index (χ1n) is 8.59. The van der Waals surface area contributed by atoms with Crippen molar-refractivity contribution in [3.63, 3.8) is 0 Å². The molecule has 0 saturated heterocycles. The van der Waals surface area contributed by atoms with Gasteiger partial charge in [0.2, 0.25) is 0 Å². The Morgan fingerprint density at radius 3 is 1.64 bits per heavy atom. The average molecular weight is 433 g/mol. The Kier molecular flexibility index (Phi) is 6.44. The van der Waals surface area contributed by atoms with Crippen LogP contribution in [0.2, 0.25) is 5.04 Å². The van der Waals surface area contributed by atoms with E-state index in [0.29, 0.717) is 0 Å². The Morgan fingerprint density at radius 1 is 0.929 bits per heavy atom. The quantitative estimate of drug-likeness (QED) is 0.433. The van der Waals surface area contributed by atoms with Gasteiger partial charge >= 0.3 is 15.6 Å². The minimum absolute atomic E-state index is 0.569. The van der Waals surface area contributed by atoms with Gasteiger partial charge in [-0.1, -0.05) is 91.8 Å². The lowest BCUT2D eigenvalue weighted by atomic mass is 10.2. The number of hydrogen-bond acceptors (Lipinski definition) is 4. The van der Waals surface area contributed by atoms with Gasteiger partial charge < -0.3 is 5.11 Å². The van der Waals surface area contributed by atoms with E-state index in [0.717, 1.165) is 10.4 Å². The number of alkyl halides is 3. The number of rotatable bonds is 6. The summed E-state index contributed by atoms with van der Waals surface area (Å²) >= 11 is 0. The van der Waals surface area contributed by atoms with Crippen LogP contribution in [0.4, 0.5) is 13.2 Å². The van der Waals surface area contributed by atoms with Crippen molar-refractivity contribution in [1.29, 1.82) is 0 Å². The van der Waals surface area contributed by atoms with E-state index in [9.17, 15) is 26.7 Å². The zero-order valence-corrected chi connectivity index (χ0v) is 17.6. The van der Waals surface area contributed by atoms with Crippen LogP contribution in [0, 0.1) is 0 Å². The highest BCUT2D eigenvalue weighted by atomic mass is 32.2. The van der Waals surface area contributed by atoms with Gasteiger partial charge in [0.15, 0.2) is 8.07 Å². The Bertz CT molecular complexity index is 839. The van der Waals surface area contributed by atoms with Crippen molar-refractivity contribution in [3.8, 4) is 0 Å². The second-order valence-corrected chi connectivity index (χ2v) is 14.0. The second-order valence-electron chi connectivity index (χ2n) is 7.49. The topological polar surface area (TPSA) is 63.6 Å². The van der Waals surface area contributed by atoms with E-state index < -0.39 is 41.1 Å². The molecule has 0 amide bonds. The van der Waals surface area contributed by atoms with Crippen molar-refractivity contribution in [2.75, 3.05) is 6.61 Å². The highest BCUT2D eigenvalue weighted by molar-refractivity contribution is 7.87. The molecule has 0 aromatic heterocycles. The summed E-state index contributed by atoms with van der Waals surface area (Å²) < 4.78 is 65.0. The molecule has 0 aliphatic carbocycles. The number of benzene rings is 2. The van der Waals surface area contributed by atoms with Gasteiger partial charge in [-0.15, -0.1) is 0 Å². The van der Waals surface area contributed by atoms with E-state index in [1.807, 2.05) is 45.0 Å². The molecule has 0 heterocycles. The first-order chi connectivity index (χ1) is 12.8. The van der Waals surface area contributed by atoms with Crippen molar-refractivity contribution in [1.82, 2.24) is 0 Å². The molecular formula is C19H23F3O4SSi. The van der Waals surface area contributed by atoms with Crippen LogP contribution < -0.4 is 10.4 Å². The molecular weight excluding hydrogens is 409 g/mol. The van der Waals surface area contributed by atoms with Crippen molar-refractivity contribution in [2.45, 2.75) is 37.0 Å². The lowest BCUT2D eigenvalue weighted by Gasteiger charge is -2.46. The summed E-state index contributed by atoms with van der Waals surface area (Å²) in [6.45, 7) is 4.69. The molecule has 0 bridgehead atoms. The SMILES string of the molecule is CC(C)(C)[Si](c1ccccc1)(c1ccccc1)C(O)COS(=O)(=O)C(F)(F)F. The van der Waals surface area contributed by atoms with Gasteiger partial charge in [0.1, 0.15) is 0 Å². The fraction of sp³-hybridized carbons (Fsp3) is 0.368. The lowest BCUT2D eigenvalue weighted by Crippen LogP contribution is -2.72. The Hall–Kier alpha value is -1.68. The van der Waals surface area contributed by atoms with Crippen LogP contribution in [-0.4, -0.2) is 39.4 Å². The second kappa shape index (κ2) is 7.98. The van der Waals surface area contributed by atoms with E-state index in [1.165, 1.54) is 0 Å². The van der Waals surface area contributed by atoms with E-state index in [4.69, 9.17) is 0 Å². The van der Waals surface area contributed by atoms with Crippen LogP contribution in [-0.2, 0) is 14.3 Å². The van der Waals surface area contributed by atoms with E-state index in [2.05, 4.69) is 4.18 Å². The van der Waals surface area contributed by atoms with Crippen LogP contribution in [0.1, 0.15) is 20.8 Å². The highest BCUT2D eigenvalue weighted by Gasteiger charge is 2.54. The van der Waals surface area contributed by atoms with Gasteiger partial charge in [0.05, 0.1) is 12.3 Å². The molecule has 0 aliphatic heterocycles. The maximum atomic E-state index is 12.7. The summed E-state index contributed by atoms with van der Waals surface area (Å²) in [5, 5.41) is 12.1. The van der Waals surface area contributed by atoms with Crippen LogP contribution in [0.15, 0.2) is 60.7 Å². The number of hydrogen-bond donors (Lipinski definition) is 1. The van der Waals surface area contributed by atoms with E-state index >= 15 is 0 Å². The zero-order valence-electron chi connectivity index (χ0n) is 15.8. The smallest absolute Gasteiger partial charge is 0.393 e. The summed E-state index contributed by atoms with van der Waals surface area (Å²) in [6, 6.07) is 18.0. The monoisotopic (exact) mass is 432 g/mol. The Balaban J connectivity index is 2.62. The first-order valence-corrected chi connectivity index (χ1v) is 12.1. The van der Waals surface area contributed by atoms with Gasteiger partial charge in [-0.2, -0.15) is 21.6 Å². The summed E-state index contributed by atoms with van der Waals surface area (Å²) in [5.41, 5.74) is -6.98. The third-order valence-electron chi connectivity index (χ3n) is 4.81. The van der Waals surface area contributed by atoms with Crippen molar-refractivity contribution in [3.05, 3.63) is 60.7 Å². The van der Waals surface area contributed by atoms with E-state index in [1.54, 1.807) is 36.4 Å².